The summed E-state index contributed by atoms with van der Waals surface area (Å²) in [6.07, 6.45) is 5.22. The molecule has 2 rings (SSSR count). The molecular formula is C14H24N4O. The van der Waals surface area contributed by atoms with Crippen molar-refractivity contribution in [2.24, 2.45) is 5.41 Å². The van der Waals surface area contributed by atoms with Crippen LogP contribution in [0.3, 0.4) is 0 Å². The molecule has 0 atom stereocenters. The van der Waals surface area contributed by atoms with Gasteiger partial charge in [-0.05, 0) is 24.7 Å². The lowest BCUT2D eigenvalue weighted by Gasteiger charge is -2.25. The summed E-state index contributed by atoms with van der Waals surface area (Å²) in [4.78, 5) is 10.9. The van der Waals surface area contributed by atoms with Crippen LogP contribution in [0.2, 0.25) is 0 Å². The second-order valence-corrected chi connectivity index (χ2v) is 5.83. The van der Waals surface area contributed by atoms with Crippen LogP contribution in [-0.4, -0.2) is 37.2 Å². The molecule has 1 fully saturated rings. The number of aromatic nitrogens is 2. The van der Waals surface area contributed by atoms with Gasteiger partial charge in [-0.3, -0.25) is 0 Å². The molecule has 0 amide bonds. The van der Waals surface area contributed by atoms with E-state index in [0.29, 0.717) is 5.41 Å². The molecule has 1 aliphatic heterocycles. The molecule has 0 aromatic carbocycles. The van der Waals surface area contributed by atoms with Gasteiger partial charge in [-0.1, -0.05) is 13.8 Å². The van der Waals surface area contributed by atoms with Gasteiger partial charge in [0.1, 0.15) is 6.33 Å². The summed E-state index contributed by atoms with van der Waals surface area (Å²) in [5, 5.41) is 3.06. The lowest BCUT2D eigenvalue weighted by atomic mass is 9.85. The first-order chi connectivity index (χ1) is 9.07. The standard InChI is InChI=1S/C14H24N4O/c1-14(2)6-5-8-18(9-7-14)13-11(19-4)12(15-3)16-10-17-13/h10H,5-9H2,1-4H3,(H,15,16,17). The topological polar surface area (TPSA) is 50.3 Å². The third-order valence-electron chi connectivity index (χ3n) is 3.87. The maximum Gasteiger partial charge on any atom is 0.204 e. The molecule has 5 heteroatoms. The van der Waals surface area contributed by atoms with Crippen molar-refractivity contribution in [1.82, 2.24) is 9.97 Å². The van der Waals surface area contributed by atoms with Crippen molar-refractivity contribution in [2.45, 2.75) is 33.1 Å². The molecule has 0 radical (unpaired) electrons. The summed E-state index contributed by atoms with van der Waals surface area (Å²) in [7, 11) is 3.52. The summed E-state index contributed by atoms with van der Waals surface area (Å²) < 4.78 is 5.48. The molecule has 2 heterocycles. The van der Waals surface area contributed by atoms with Crippen molar-refractivity contribution in [3.63, 3.8) is 0 Å². The van der Waals surface area contributed by atoms with Crippen molar-refractivity contribution in [2.75, 3.05) is 37.5 Å². The van der Waals surface area contributed by atoms with Gasteiger partial charge < -0.3 is 15.0 Å². The van der Waals surface area contributed by atoms with Crippen LogP contribution in [0, 0.1) is 5.41 Å². The molecule has 0 aliphatic carbocycles. The van der Waals surface area contributed by atoms with Crippen molar-refractivity contribution in [3.8, 4) is 5.75 Å². The van der Waals surface area contributed by atoms with Crippen LogP contribution in [0.5, 0.6) is 5.75 Å². The van der Waals surface area contributed by atoms with Gasteiger partial charge in [0.15, 0.2) is 11.6 Å². The molecule has 0 unspecified atom stereocenters. The second-order valence-electron chi connectivity index (χ2n) is 5.83. The van der Waals surface area contributed by atoms with Crippen molar-refractivity contribution >= 4 is 11.6 Å². The van der Waals surface area contributed by atoms with Gasteiger partial charge in [0.2, 0.25) is 5.75 Å². The molecule has 0 saturated carbocycles. The minimum Gasteiger partial charge on any atom is -0.490 e. The Morgan fingerprint density at radius 2 is 2.05 bits per heavy atom. The Morgan fingerprint density at radius 1 is 1.26 bits per heavy atom. The highest BCUT2D eigenvalue weighted by molar-refractivity contribution is 5.64. The lowest BCUT2D eigenvalue weighted by Crippen LogP contribution is -2.26. The van der Waals surface area contributed by atoms with Gasteiger partial charge in [-0.25, -0.2) is 9.97 Å². The summed E-state index contributed by atoms with van der Waals surface area (Å²) in [5.41, 5.74) is 0.418. The quantitative estimate of drug-likeness (QED) is 0.909. The second kappa shape index (κ2) is 5.63. The molecule has 1 aromatic rings. The lowest BCUT2D eigenvalue weighted by molar-refractivity contribution is 0.325. The van der Waals surface area contributed by atoms with Crippen LogP contribution in [-0.2, 0) is 0 Å². The molecule has 1 N–H and O–H groups in total. The van der Waals surface area contributed by atoms with Gasteiger partial charge in [-0.15, -0.1) is 0 Å². The van der Waals surface area contributed by atoms with Gasteiger partial charge in [-0.2, -0.15) is 0 Å². The number of methoxy groups -OCH3 is 1. The van der Waals surface area contributed by atoms with Crippen molar-refractivity contribution < 1.29 is 4.74 Å². The number of anilines is 2. The fourth-order valence-electron chi connectivity index (χ4n) is 2.59. The van der Waals surface area contributed by atoms with Crippen LogP contribution in [0.4, 0.5) is 11.6 Å². The Morgan fingerprint density at radius 3 is 2.74 bits per heavy atom. The minimum atomic E-state index is 0.418. The van der Waals surface area contributed by atoms with Crippen LogP contribution in [0.25, 0.3) is 0 Å². The Hall–Kier alpha value is -1.52. The highest BCUT2D eigenvalue weighted by Crippen LogP contribution is 2.36. The largest absolute Gasteiger partial charge is 0.490 e. The predicted octanol–water partition coefficient (Wildman–Crippen LogP) is 2.54. The maximum absolute atomic E-state index is 5.48. The molecule has 0 bridgehead atoms. The van der Waals surface area contributed by atoms with E-state index in [0.717, 1.165) is 30.5 Å². The molecule has 1 saturated heterocycles. The number of nitrogens with zero attached hydrogens (tertiary/aromatic N) is 3. The summed E-state index contributed by atoms with van der Waals surface area (Å²) in [6, 6.07) is 0. The smallest absolute Gasteiger partial charge is 0.204 e. The van der Waals surface area contributed by atoms with Crippen LogP contribution < -0.4 is 15.0 Å². The van der Waals surface area contributed by atoms with Crippen LogP contribution >= 0.6 is 0 Å². The van der Waals surface area contributed by atoms with E-state index in [1.807, 2.05) is 7.05 Å². The molecule has 1 aromatic heterocycles. The van der Waals surface area contributed by atoms with E-state index in [9.17, 15) is 0 Å². The monoisotopic (exact) mass is 264 g/mol. The average molecular weight is 264 g/mol. The summed E-state index contributed by atoms with van der Waals surface area (Å²) >= 11 is 0. The Bertz CT molecular complexity index is 433. The fraction of sp³-hybridized carbons (Fsp3) is 0.714. The van der Waals surface area contributed by atoms with E-state index in [1.54, 1.807) is 13.4 Å². The maximum atomic E-state index is 5.48. The predicted molar refractivity (Wildman–Crippen MR) is 78.0 cm³/mol. The summed E-state index contributed by atoms with van der Waals surface area (Å²) in [6.45, 7) is 6.73. The minimum absolute atomic E-state index is 0.418. The number of nitrogens with one attached hydrogen (secondary N) is 1. The van der Waals surface area contributed by atoms with E-state index in [-0.39, 0.29) is 0 Å². The molecule has 1 aliphatic rings. The van der Waals surface area contributed by atoms with E-state index in [4.69, 9.17) is 4.74 Å². The first-order valence-electron chi connectivity index (χ1n) is 6.89. The van der Waals surface area contributed by atoms with E-state index >= 15 is 0 Å². The van der Waals surface area contributed by atoms with Crippen LogP contribution in [0.1, 0.15) is 33.1 Å². The first kappa shape index (κ1) is 13.9. The molecule has 106 valence electrons. The van der Waals surface area contributed by atoms with Gasteiger partial charge in [0.25, 0.3) is 0 Å². The zero-order valence-electron chi connectivity index (χ0n) is 12.4. The Balaban J connectivity index is 2.26. The Labute approximate surface area is 115 Å². The normalized spacial score (nSPS) is 18.8. The Kier molecular flexibility index (Phi) is 4.12. The zero-order chi connectivity index (χ0) is 13.9. The van der Waals surface area contributed by atoms with E-state index in [2.05, 4.69) is 34.0 Å². The van der Waals surface area contributed by atoms with Crippen molar-refractivity contribution in [3.05, 3.63) is 6.33 Å². The SMILES string of the molecule is CNc1ncnc(N2CCCC(C)(C)CC2)c1OC. The summed E-state index contributed by atoms with van der Waals surface area (Å²) in [5.74, 6) is 2.39. The average Bonchev–Trinajstić information content (AvgIpc) is 2.58. The first-order valence-corrected chi connectivity index (χ1v) is 6.89. The van der Waals surface area contributed by atoms with Crippen molar-refractivity contribution in [1.29, 1.82) is 0 Å². The number of ether oxygens (including phenoxy) is 1. The molecular weight excluding hydrogens is 240 g/mol. The number of rotatable bonds is 3. The molecule has 0 spiro atoms. The number of hydrogen-bond acceptors (Lipinski definition) is 5. The fourth-order valence-corrected chi connectivity index (χ4v) is 2.59. The highest BCUT2D eigenvalue weighted by atomic mass is 16.5. The third kappa shape index (κ3) is 3.08. The van der Waals surface area contributed by atoms with Crippen LogP contribution in [0.15, 0.2) is 6.33 Å². The third-order valence-corrected chi connectivity index (χ3v) is 3.87. The van der Waals surface area contributed by atoms with E-state index in [1.165, 1.54) is 19.3 Å². The van der Waals surface area contributed by atoms with E-state index < -0.39 is 0 Å². The zero-order valence-corrected chi connectivity index (χ0v) is 12.4. The van der Waals surface area contributed by atoms with Gasteiger partial charge >= 0.3 is 0 Å². The highest BCUT2D eigenvalue weighted by Gasteiger charge is 2.25. The molecule has 5 nitrogen and oxygen atoms in total. The molecule has 19 heavy (non-hydrogen) atoms. The van der Waals surface area contributed by atoms with Gasteiger partial charge in [0.05, 0.1) is 7.11 Å². The van der Waals surface area contributed by atoms with Gasteiger partial charge in [0, 0.05) is 20.1 Å². The number of hydrogen-bond donors (Lipinski definition) is 1.